The van der Waals surface area contributed by atoms with Gasteiger partial charge in [0.05, 0.1) is 19.8 Å². The van der Waals surface area contributed by atoms with E-state index in [2.05, 4.69) is 20.8 Å². The third kappa shape index (κ3) is 20.4. The summed E-state index contributed by atoms with van der Waals surface area (Å²) in [6.07, 6.45) is 14.6. The fourth-order valence-electron chi connectivity index (χ4n) is 3.19. The molecular formula is C24H48Cl3O4P. The molecule has 0 aromatic carbocycles. The first-order chi connectivity index (χ1) is 15.4. The molecule has 0 heterocycles. The highest BCUT2D eigenvalue weighted by atomic mass is 35.5. The number of phosphoric ester groups is 1. The normalized spacial score (nSPS) is 16.6. The van der Waals surface area contributed by atoms with Crippen molar-refractivity contribution in [1.29, 1.82) is 0 Å². The molecule has 194 valence electrons. The fourth-order valence-corrected chi connectivity index (χ4v) is 4.93. The summed E-state index contributed by atoms with van der Waals surface area (Å²) >= 11 is 18.5. The van der Waals surface area contributed by atoms with Crippen molar-refractivity contribution in [2.45, 2.75) is 133 Å². The highest BCUT2D eigenvalue weighted by molar-refractivity contribution is 7.48. The summed E-state index contributed by atoms with van der Waals surface area (Å²) < 4.78 is 29.9. The van der Waals surface area contributed by atoms with Gasteiger partial charge in [-0.2, -0.15) is 0 Å². The van der Waals surface area contributed by atoms with Crippen LogP contribution in [0.1, 0.15) is 117 Å². The van der Waals surface area contributed by atoms with Crippen LogP contribution in [0.15, 0.2) is 0 Å². The smallest absolute Gasteiger partial charge is 0.287 e. The molecular weight excluding hydrogens is 490 g/mol. The van der Waals surface area contributed by atoms with Crippen LogP contribution in [-0.2, 0) is 18.1 Å². The van der Waals surface area contributed by atoms with Crippen molar-refractivity contribution in [1.82, 2.24) is 0 Å². The van der Waals surface area contributed by atoms with Crippen LogP contribution >= 0.6 is 42.6 Å². The minimum atomic E-state index is -3.52. The Bertz CT molecular complexity index is 395. The zero-order valence-electron chi connectivity index (χ0n) is 20.7. The standard InChI is InChI=1S/C24H48Cl3O4P/c1-4-22(25)16-10-7-13-19-29-32(28,30-20-14-8-11-17-23(26)5-2)31-21-15-9-12-18-24(27)6-3/h22-24H,4-21H2,1-3H3. The van der Waals surface area contributed by atoms with Crippen molar-refractivity contribution < 1.29 is 18.1 Å². The second-order valence-corrected chi connectivity index (χ2v) is 12.0. The lowest BCUT2D eigenvalue weighted by Crippen LogP contribution is -2.05. The number of unbranched alkanes of at least 4 members (excludes halogenated alkanes) is 6. The van der Waals surface area contributed by atoms with Gasteiger partial charge in [-0.3, -0.25) is 13.6 Å². The predicted octanol–water partition coefficient (Wildman–Crippen LogP) is 9.88. The zero-order chi connectivity index (χ0) is 24.1. The minimum Gasteiger partial charge on any atom is -0.287 e. The number of phosphoric acid groups is 1. The van der Waals surface area contributed by atoms with Crippen molar-refractivity contribution in [3.8, 4) is 0 Å². The Hall–Kier alpha value is 0.980. The first-order valence-electron chi connectivity index (χ1n) is 12.8. The summed E-state index contributed by atoms with van der Waals surface area (Å²) in [6, 6.07) is 0. The van der Waals surface area contributed by atoms with E-state index in [1.807, 2.05) is 0 Å². The first kappa shape index (κ1) is 33.0. The maximum absolute atomic E-state index is 13.0. The number of hydrogen-bond donors (Lipinski definition) is 0. The van der Waals surface area contributed by atoms with E-state index in [0.29, 0.717) is 19.8 Å². The summed E-state index contributed by atoms with van der Waals surface area (Å²) in [6.45, 7) is 7.44. The van der Waals surface area contributed by atoms with Crippen molar-refractivity contribution in [3.63, 3.8) is 0 Å². The van der Waals surface area contributed by atoms with Crippen molar-refractivity contribution in [3.05, 3.63) is 0 Å². The van der Waals surface area contributed by atoms with Gasteiger partial charge in [0.15, 0.2) is 0 Å². The molecule has 0 saturated heterocycles. The van der Waals surface area contributed by atoms with Gasteiger partial charge in [-0.1, -0.05) is 59.3 Å². The van der Waals surface area contributed by atoms with E-state index < -0.39 is 7.82 Å². The van der Waals surface area contributed by atoms with E-state index in [0.717, 1.165) is 96.3 Å². The van der Waals surface area contributed by atoms with E-state index in [1.165, 1.54) is 0 Å². The number of rotatable bonds is 24. The molecule has 0 aliphatic rings. The molecule has 0 bridgehead atoms. The van der Waals surface area contributed by atoms with Crippen LogP contribution < -0.4 is 0 Å². The Morgan fingerprint density at radius 2 is 0.812 bits per heavy atom. The van der Waals surface area contributed by atoms with Crippen molar-refractivity contribution in [2.24, 2.45) is 0 Å². The SMILES string of the molecule is CCC(Cl)CCCCCOP(=O)(OCCCCCC(Cl)CC)OCCCCCC(Cl)CC. The largest absolute Gasteiger partial charge is 0.474 e. The Labute approximate surface area is 213 Å². The topological polar surface area (TPSA) is 44.8 Å². The summed E-state index contributed by atoms with van der Waals surface area (Å²) in [7, 11) is -3.52. The molecule has 0 N–H and O–H groups in total. The highest BCUT2D eigenvalue weighted by Crippen LogP contribution is 2.50. The molecule has 0 aromatic rings. The summed E-state index contributed by atoms with van der Waals surface area (Å²) in [4.78, 5) is 0. The van der Waals surface area contributed by atoms with E-state index in [9.17, 15) is 4.57 Å². The average molecular weight is 538 g/mol. The summed E-state index contributed by atoms with van der Waals surface area (Å²) in [5.41, 5.74) is 0. The van der Waals surface area contributed by atoms with Gasteiger partial charge in [0, 0.05) is 16.1 Å². The molecule has 32 heavy (non-hydrogen) atoms. The number of halogens is 3. The number of hydrogen-bond acceptors (Lipinski definition) is 4. The second kappa shape index (κ2) is 22.4. The average Bonchev–Trinajstić information content (AvgIpc) is 2.80. The van der Waals surface area contributed by atoms with Gasteiger partial charge in [-0.05, 0) is 57.8 Å². The molecule has 0 aliphatic carbocycles. The van der Waals surface area contributed by atoms with Gasteiger partial charge in [-0.15, -0.1) is 34.8 Å². The van der Waals surface area contributed by atoms with Crippen LogP contribution in [0.3, 0.4) is 0 Å². The lowest BCUT2D eigenvalue weighted by Gasteiger charge is -2.18. The van der Waals surface area contributed by atoms with Gasteiger partial charge < -0.3 is 0 Å². The fraction of sp³-hybridized carbons (Fsp3) is 1.00. The van der Waals surface area contributed by atoms with Gasteiger partial charge in [0.2, 0.25) is 0 Å². The van der Waals surface area contributed by atoms with Gasteiger partial charge >= 0.3 is 7.82 Å². The maximum Gasteiger partial charge on any atom is 0.474 e. The van der Waals surface area contributed by atoms with E-state index >= 15 is 0 Å². The quantitative estimate of drug-likeness (QED) is 0.0698. The molecule has 8 heteroatoms. The van der Waals surface area contributed by atoms with E-state index in [1.54, 1.807) is 0 Å². The van der Waals surface area contributed by atoms with Crippen LogP contribution in [0.25, 0.3) is 0 Å². The molecule has 0 aliphatic heterocycles. The van der Waals surface area contributed by atoms with Crippen LogP contribution in [0.2, 0.25) is 0 Å². The highest BCUT2D eigenvalue weighted by Gasteiger charge is 2.26. The molecule has 0 rings (SSSR count). The maximum atomic E-state index is 13.0. The molecule has 0 aromatic heterocycles. The molecule has 0 amide bonds. The van der Waals surface area contributed by atoms with Crippen LogP contribution in [0.4, 0.5) is 0 Å². The van der Waals surface area contributed by atoms with Gasteiger partial charge in [0.25, 0.3) is 0 Å². The predicted molar refractivity (Wildman–Crippen MR) is 141 cm³/mol. The molecule has 4 nitrogen and oxygen atoms in total. The van der Waals surface area contributed by atoms with Crippen LogP contribution in [0, 0.1) is 0 Å². The molecule has 3 atom stereocenters. The molecule has 3 unspecified atom stereocenters. The van der Waals surface area contributed by atoms with E-state index in [4.69, 9.17) is 48.4 Å². The van der Waals surface area contributed by atoms with Crippen molar-refractivity contribution >= 4 is 42.6 Å². The monoisotopic (exact) mass is 536 g/mol. The number of alkyl halides is 3. The Morgan fingerprint density at radius 3 is 1.06 bits per heavy atom. The van der Waals surface area contributed by atoms with Crippen LogP contribution in [-0.4, -0.2) is 36.0 Å². The third-order valence-electron chi connectivity index (χ3n) is 5.56. The Kier molecular flexibility index (Phi) is 23.1. The molecule has 0 radical (unpaired) electrons. The lowest BCUT2D eigenvalue weighted by atomic mass is 10.1. The molecule has 0 fully saturated rings. The minimum absolute atomic E-state index is 0.242. The Morgan fingerprint density at radius 1 is 0.531 bits per heavy atom. The van der Waals surface area contributed by atoms with Crippen LogP contribution in [0.5, 0.6) is 0 Å². The lowest BCUT2D eigenvalue weighted by molar-refractivity contribution is 0.108. The molecule has 0 spiro atoms. The first-order valence-corrected chi connectivity index (χ1v) is 15.6. The second-order valence-electron chi connectivity index (χ2n) is 8.51. The Balaban J connectivity index is 4.21. The van der Waals surface area contributed by atoms with Gasteiger partial charge in [0.1, 0.15) is 0 Å². The zero-order valence-corrected chi connectivity index (χ0v) is 23.8. The molecule has 0 saturated carbocycles. The third-order valence-corrected chi connectivity index (χ3v) is 8.64. The van der Waals surface area contributed by atoms with E-state index in [-0.39, 0.29) is 16.1 Å². The summed E-state index contributed by atoms with van der Waals surface area (Å²) in [5.74, 6) is 0. The van der Waals surface area contributed by atoms with Crippen molar-refractivity contribution in [2.75, 3.05) is 19.8 Å². The van der Waals surface area contributed by atoms with Gasteiger partial charge in [-0.25, -0.2) is 4.57 Å². The summed E-state index contributed by atoms with van der Waals surface area (Å²) in [5, 5.41) is 0.726.